The number of carbonyl (C=O) groups excluding carboxylic acids is 1. The molecule has 4 heteroatoms. The number of carboxylic acid groups (broad SMARTS) is 1. The average molecular weight is 269 g/mol. The molecule has 4 nitrogen and oxygen atoms in total. The number of hydrogen-bond acceptors (Lipinski definition) is 2. The van der Waals surface area contributed by atoms with E-state index in [1.54, 1.807) is 12.1 Å². The topological polar surface area (TPSA) is 57.6 Å². The molecule has 2 aromatic rings. The van der Waals surface area contributed by atoms with Crippen molar-refractivity contribution < 1.29 is 14.7 Å². The van der Waals surface area contributed by atoms with Gasteiger partial charge in [0.15, 0.2) is 0 Å². The molecular weight excluding hydrogens is 254 g/mol. The predicted molar refractivity (Wildman–Crippen MR) is 76.5 cm³/mol. The van der Waals surface area contributed by atoms with Gasteiger partial charge in [-0.05, 0) is 23.3 Å². The second kappa shape index (κ2) is 6.02. The molecule has 20 heavy (non-hydrogen) atoms. The highest BCUT2D eigenvalue weighted by Crippen LogP contribution is 2.19. The molecule has 0 aliphatic carbocycles. The molecular formula is C16H15NO3. The minimum Gasteiger partial charge on any atom is -0.480 e. The highest BCUT2D eigenvalue weighted by Gasteiger charge is 2.14. The lowest BCUT2D eigenvalue weighted by Crippen LogP contribution is -2.31. The van der Waals surface area contributed by atoms with Gasteiger partial charge in [0.1, 0.15) is 6.54 Å². The molecule has 0 bridgehead atoms. The predicted octanol–water partition coefficient (Wildman–Crippen LogP) is 2.51. The smallest absolute Gasteiger partial charge is 0.323 e. The Morgan fingerprint density at radius 3 is 2.05 bits per heavy atom. The number of carboxylic acids is 1. The van der Waals surface area contributed by atoms with Crippen LogP contribution in [0.2, 0.25) is 0 Å². The second-order valence-electron chi connectivity index (χ2n) is 4.50. The first-order valence-electron chi connectivity index (χ1n) is 6.20. The molecule has 102 valence electrons. The van der Waals surface area contributed by atoms with Crippen LogP contribution in [0.4, 0.5) is 0 Å². The van der Waals surface area contributed by atoms with Crippen LogP contribution >= 0.6 is 0 Å². The summed E-state index contributed by atoms with van der Waals surface area (Å²) in [6, 6.07) is 17.0. The Kier molecular flexibility index (Phi) is 4.15. The van der Waals surface area contributed by atoms with Crippen molar-refractivity contribution in [3.63, 3.8) is 0 Å². The van der Waals surface area contributed by atoms with Crippen LogP contribution in [0.1, 0.15) is 10.4 Å². The zero-order valence-corrected chi connectivity index (χ0v) is 11.1. The van der Waals surface area contributed by atoms with E-state index in [9.17, 15) is 9.59 Å². The van der Waals surface area contributed by atoms with Gasteiger partial charge >= 0.3 is 5.97 Å². The molecule has 0 atom stereocenters. The Hall–Kier alpha value is -2.62. The Balaban J connectivity index is 2.16. The first kappa shape index (κ1) is 13.8. The molecule has 0 spiro atoms. The summed E-state index contributed by atoms with van der Waals surface area (Å²) >= 11 is 0. The highest BCUT2D eigenvalue weighted by molar-refractivity contribution is 5.96. The quantitative estimate of drug-likeness (QED) is 0.927. The number of amides is 1. The van der Waals surface area contributed by atoms with Gasteiger partial charge in [0.25, 0.3) is 5.91 Å². The maximum atomic E-state index is 12.0. The summed E-state index contributed by atoms with van der Waals surface area (Å²) in [5, 5.41) is 8.68. The summed E-state index contributed by atoms with van der Waals surface area (Å²) in [6.07, 6.45) is 0. The van der Waals surface area contributed by atoms with E-state index in [2.05, 4.69) is 0 Å². The minimum atomic E-state index is -1.03. The number of likely N-dealkylation sites (N-methyl/N-ethyl adjacent to an activating group) is 1. The van der Waals surface area contributed by atoms with Gasteiger partial charge in [0.05, 0.1) is 0 Å². The van der Waals surface area contributed by atoms with E-state index in [0.717, 1.165) is 11.1 Å². The van der Waals surface area contributed by atoms with Crippen LogP contribution in [0.25, 0.3) is 11.1 Å². The van der Waals surface area contributed by atoms with Crippen LogP contribution in [-0.4, -0.2) is 35.5 Å². The fourth-order valence-corrected chi connectivity index (χ4v) is 1.93. The van der Waals surface area contributed by atoms with E-state index in [4.69, 9.17) is 5.11 Å². The van der Waals surface area contributed by atoms with Crippen molar-refractivity contribution in [1.29, 1.82) is 0 Å². The van der Waals surface area contributed by atoms with E-state index >= 15 is 0 Å². The molecule has 0 saturated carbocycles. The summed E-state index contributed by atoms with van der Waals surface area (Å²) in [4.78, 5) is 23.8. The zero-order valence-electron chi connectivity index (χ0n) is 11.1. The van der Waals surface area contributed by atoms with E-state index < -0.39 is 5.97 Å². The molecule has 0 radical (unpaired) electrons. The largest absolute Gasteiger partial charge is 0.480 e. The van der Waals surface area contributed by atoms with Crippen LogP contribution in [0.3, 0.4) is 0 Å². The molecule has 0 aliphatic rings. The van der Waals surface area contributed by atoms with Crippen molar-refractivity contribution in [2.24, 2.45) is 0 Å². The van der Waals surface area contributed by atoms with Crippen molar-refractivity contribution >= 4 is 11.9 Å². The fourth-order valence-electron chi connectivity index (χ4n) is 1.93. The van der Waals surface area contributed by atoms with Gasteiger partial charge in [-0.3, -0.25) is 9.59 Å². The van der Waals surface area contributed by atoms with Crippen molar-refractivity contribution in [2.75, 3.05) is 13.6 Å². The van der Waals surface area contributed by atoms with E-state index in [0.29, 0.717) is 5.56 Å². The third-order valence-corrected chi connectivity index (χ3v) is 2.96. The van der Waals surface area contributed by atoms with Crippen LogP contribution in [0.5, 0.6) is 0 Å². The summed E-state index contributed by atoms with van der Waals surface area (Å²) in [6.45, 7) is -0.306. The Morgan fingerprint density at radius 1 is 0.950 bits per heavy atom. The molecule has 1 amide bonds. The average Bonchev–Trinajstić information content (AvgIpc) is 2.47. The molecule has 2 rings (SSSR count). The number of hydrogen-bond donors (Lipinski definition) is 1. The van der Waals surface area contributed by atoms with E-state index in [-0.39, 0.29) is 12.5 Å². The molecule has 0 saturated heterocycles. The molecule has 0 heterocycles. The number of rotatable bonds is 4. The van der Waals surface area contributed by atoms with Gasteiger partial charge in [0, 0.05) is 12.6 Å². The van der Waals surface area contributed by atoms with Crippen molar-refractivity contribution in [3.05, 3.63) is 60.2 Å². The van der Waals surface area contributed by atoms with Crippen molar-refractivity contribution in [1.82, 2.24) is 4.90 Å². The summed E-state index contributed by atoms with van der Waals surface area (Å²) in [7, 11) is 1.47. The number of nitrogens with zero attached hydrogens (tertiary/aromatic N) is 1. The van der Waals surface area contributed by atoms with Crippen molar-refractivity contribution in [3.8, 4) is 11.1 Å². The Morgan fingerprint density at radius 2 is 1.50 bits per heavy atom. The number of aliphatic carboxylic acids is 1. The zero-order chi connectivity index (χ0) is 14.5. The summed E-state index contributed by atoms with van der Waals surface area (Å²) in [5.41, 5.74) is 2.57. The Bertz CT molecular complexity index is 605. The minimum absolute atomic E-state index is 0.299. The van der Waals surface area contributed by atoms with Crippen LogP contribution in [-0.2, 0) is 4.79 Å². The molecule has 0 unspecified atom stereocenters. The van der Waals surface area contributed by atoms with E-state index in [1.807, 2.05) is 42.5 Å². The lowest BCUT2D eigenvalue weighted by Gasteiger charge is -2.14. The lowest BCUT2D eigenvalue weighted by molar-refractivity contribution is -0.137. The van der Waals surface area contributed by atoms with Gasteiger partial charge in [0.2, 0.25) is 0 Å². The SMILES string of the molecule is CN(CC(=O)O)C(=O)c1ccc(-c2ccccc2)cc1. The summed E-state index contributed by atoms with van der Waals surface area (Å²) < 4.78 is 0. The molecule has 0 aromatic heterocycles. The van der Waals surface area contributed by atoms with Crippen LogP contribution in [0, 0.1) is 0 Å². The Labute approximate surface area is 117 Å². The van der Waals surface area contributed by atoms with Crippen molar-refractivity contribution in [2.45, 2.75) is 0 Å². The van der Waals surface area contributed by atoms with Gasteiger partial charge in [-0.25, -0.2) is 0 Å². The number of benzene rings is 2. The monoisotopic (exact) mass is 269 g/mol. The fraction of sp³-hybridized carbons (Fsp3) is 0.125. The van der Waals surface area contributed by atoms with Crippen LogP contribution in [0.15, 0.2) is 54.6 Å². The molecule has 0 fully saturated rings. The molecule has 0 aliphatic heterocycles. The third kappa shape index (κ3) is 3.23. The maximum absolute atomic E-state index is 12.0. The third-order valence-electron chi connectivity index (χ3n) is 2.96. The first-order valence-corrected chi connectivity index (χ1v) is 6.20. The van der Waals surface area contributed by atoms with Gasteiger partial charge in [-0.15, -0.1) is 0 Å². The van der Waals surface area contributed by atoms with E-state index in [1.165, 1.54) is 11.9 Å². The van der Waals surface area contributed by atoms with Crippen LogP contribution < -0.4 is 0 Å². The number of carbonyl (C=O) groups is 2. The molecule has 2 aromatic carbocycles. The normalized spacial score (nSPS) is 10.1. The molecule has 1 N–H and O–H groups in total. The highest BCUT2D eigenvalue weighted by atomic mass is 16.4. The first-order chi connectivity index (χ1) is 9.58. The van der Waals surface area contributed by atoms with Gasteiger partial charge < -0.3 is 10.0 Å². The van der Waals surface area contributed by atoms with Gasteiger partial charge in [-0.1, -0.05) is 42.5 Å². The maximum Gasteiger partial charge on any atom is 0.323 e. The second-order valence-corrected chi connectivity index (χ2v) is 4.50. The lowest BCUT2D eigenvalue weighted by atomic mass is 10.0. The summed E-state index contributed by atoms with van der Waals surface area (Å²) in [5.74, 6) is -1.33. The van der Waals surface area contributed by atoms with Gasteiger partial charge in [-0.2, -0.15) is 0 Å². The standard InChI is InChI=1S/C16H15NO3/c1-17(11-15(18)19)16(20)14-9-7-13(8-10-14)12-5-3-2-4-6-12/h2-10H,11H2,1H3,(H,18,19).